The molecule has 0 aliphatic carbocycles. The minimum absolute atomic E-state index is 0.283. The molecule has 0 heterocycles. The van der Waals surface area contributed by atoms with E-state index in [1.807, 2.05) is 18.4 Å². The largest absolute Gasteiger partial charge is 0.418 e. The average molecular weight is 326 g/mol. The number of carbonyl (C=O) groups excluding carboxylic acids is 1. The lowest BCUT2D eigenvalue weighted by Crippen LogP contribution is -2.22. The van der Waals surface area contributed by atoms with Gasteiger partial charge < -0.3 is 10.6 Å². The van der Waals surface area contributed by atoms with Gasteiger partial charge in [0.05, 0.1) is 16.9 Å². The number of urea groups is 1. The Morgan fingerprint density at radius 1 is 0.955 bits per heavy atom. The molecule has 116 valence electrons. The molecule has 0 fully saturated rings. The summed E-state index contributed by atoms with van der Waals surface area (Å²) in [4.78, 5) is 12.8. The highest BCUT2D eigenvalue weighted by Gasteiger charge is 2.33. The van der Waals surface area contributed by atoms with Gasteiger partial charge in [0.15, 0.2) is 0 Å². The standard InChI is InChI=1S/C15H13F3N2OS/c1-22-13-9-5-4-8-12(13)20-14(21)19-11-7-3-2-6-10(11)15(16,17)18/h2-9H,1H3,(H2,19,20,21). The summed E-state index contributed by atoms with van der Waals surface area (Å²) < 4.78 is 38.6. The van der Waals surface area contributed by atoms with E-state index in [2.05, 4.69) is 10.6 Å². The molecule has 2 rings (SSSR count). The Balaban J connectivity index is 2.17. The lowest BCUT2D eigenvalue weighted by Gasteiger charge is -2.14. The summed E-state index contributed by atoms with van der Waals surface area (Å²) >= 11 is 1.43. The van der Waals surface area contributed by atoms with Crippen LogP contribution in [0.4, 0.5) is 29.3 Å². The molecule has 7 heteroatoms. The molecule has 0 aliphatic heterocycles. The van der Waals surface area contributed by atoms with E-state index in [0.29, 0.717) is 5.69 Å². The number of halogens is 3. The van der Waals surface area contributed by atoms with Crippen molar-refractivity contribution in [2.45, 2.75) is 11.1 Å². The number of nitrogens with one attached hydrogen (secondary N) is 2. The summed E-state index contributed by atoms with van der Waals surface area (Å²) in [5.41, 5.74) is -0.630. The van der Waals surface area contributed by atoms with E-state index in [9.17, 15) is 18.0 Å². The van der Waals surface area contributed by atoms with E-state index in [4.69, 9.17) is 0 Å². The number of benzene rings is 2. The van der Waals surface area contributed by atoms with Crippen molar-refractivity contribution in [1.82, 2.24) is 0 Å². The first-order valence-corrected chi connectivity index (χ1v) is 7.51. The van der Waals surface area contributed by atoms with E-state index >= 15 is 0 Å². The maximum atomic E-state index is 12.9. The Morgan fingerprint density at radius 2 is 1.50 bits per heavy atom. The Bertz CT molecular complexity index is 674. The number of hydrogen-bond acceptors (Lipinski definition) is 2. The Labute approximate surface area is 129 Å². The van der Waals surface area contributed by atoms with Gasteiger partial charge in [-0.05, 0) is 30.5 Å². The highest BCUT2D eigenvalue weighted by atomic mass is 32.2. The number of carbonyl (C=O) groups is 1. The molecule has 0 saturated carbocycles. The third-order valence-corrected chi connectivity index (χ3v) is 3.63. The second-order valence-electron chi connectivity index (χ2n) is 4.32. The first-order valence-electron chi connectivity index (χ1n) is 6.29. The van der Waals surface area contributed by atoms with Crippen molar-refractivity contribution in [3.63, 3.8) is 0 Å². The van der Waals surface area contributed by atoms with Gasteiger partial charge in [-0.15, -0.1) is 11.8 Å². The van der Waals surface area contributed by atoms with Crippen LogP contribution in [0.1, 0.15) is 5.56 Å². The first-order chi connectivity index (χ1) is 10.4. The van der Waals surface area contributed by atoms with E-state index in [1.54, 1.807) is 12.1 Å². The first kappa shape index (κ1) is 16.2. The monoisotopic (exact) mass is 326 g/mol. The van der Waals surface area contributed by atoms with Crippen molar-refractivity contribution in [3.8, 4) is 0 Å². The average Bonchev–Trinajstić information content (AvgIpc) is 2.47. The topological polar surface area (TPSA) is 41.1 Å². The molecule has 0 bridgehead atoms. The molecule has 22 heavy (non-hydrogen) atoms. The summed E-state index contributed by atoms with van der Waals surface area (Å²) in [5, 5.41) is 4.79. The highest BCUT2D eigenvalue weighted by Crippen LogP contribution is 2.34. The number of alkyl halides is 3. The fourth-order valence-electron chi connectivity index (χ4n) is 1.86. The smallest absolute Gasteiger partial charge is 0.307 e. The Hall–Kier alpha value is -2.15. The van der Waals surface area contributed by atoms with Crippen LogP contribution in [0.3, 0.4) is 0 Å². The van der Waals surface area contributed by atoms with Gasteiger partial charge in [0, 0.05) is 4.90 Å². The van der Waals surface area contributed by atoms with Crippen LogP contribution in [-0.2, 0) is 6.18 Å². The Kier molecular flexibility index (Phi) is 4.97. The zero-order chi connectivity index (χ0) is 16.2. The van der Waals surface area contributed by atoms with Gasteiger partial charge in [-0.1, -0.05) is 24.3 Å². The second kappa shape index (κ2) is 6.74. The molecule has 2 amide bonds. The molecule has 0 atom stereocenters. The Morgan fingerprint density at radius 3 is 2.14 bits per heavy atom. The summed E-state index contributed by atoms with van der Waals surface area (Å²) in [6.45, 7) is 0. The molecule has 2 N–H and O–H groups in total. The maximum Gasteiger partial charge on any atom is 0.418 e. The molecule has 0 unspecified atom stereocenters. The van der Waals surface area contributed by atoms with Crippen LogP contribution in [0.25, 0.3) is 0 Å². The number of amides is 2. The number of hydrogen-bond donors (Lipinski definition) is 2. The minimum atomic E-state index is -4.53. The van der Waals surface area contributed by atoms with Gasteiger partial charge in [0.1, 0.15) is 0 Å². The molecule has 0 saturated heterocycles. The van der Waals surface area contributed by atoms with Gasteiger partial charge in [-0.25, -0.2) is 4.79 Å². The number of para-hydroxylation sites is 2. The highest BCUT2D eigenvalue weighted by molar-refractivity contribution is 7.98. The van der Waals surface area contributed by atoms with Crippen LogP contribution >= 0.6 is 11.8 Å². The number of anilines is 2. The van der Waals surface area contributed by atoms with Crippen LogP contribution in [0.15, 0.2) is 53.4 Å². The van der Waals surface area contributed by atoms with Crippen molar-refractivity contribution in [1.29, 1.82) is 0 Å². The normalized spacial score (nSPS) is 11.1. The van der Waals surface area contributed by atoms with Crippen LogP contribution in [-0.4, -0.2) is 12.3 Å². The fraction of sp³-hybridized carbons (Fsp3) is 0.133. The third-order valence-electron chi connectivity index (χ3n) is 2.84. The molecule has 2 aromatic rings. The SMILES string of the molecule is CSc1ccccc1NC(=O)Nc1ccccc1C(F)(F)F. The van der Waals surface area contributed by atoms with Gasteiger partial charge >= 0.3 is 12.2 Å². The predicted molar refractivity (Wildman–Crippen MR) is 82.3 cm³/mol. The van der Waals surface area contributed by atoms with Gasteiger partial charge in [0.2, 0.25) is 0 Å². The van der Waals surface area contributed by atoms with Crippen LogP contribution in [0, 0.1) is 0 Å². The molecule has 0 aromatic heterocycles. The molecule has 2 aromatic carbocycles. The van der Waals surface area contributed by atoms with Crippen molar-refractivity contribution >= 4 is 29.2 Å². The van der Waals surface area contributed by atoms with E-state index in [1.165, 1.54) is 30.0 Å². The van der Waals surface area contributed by atoms with Crippen LogP contribution in [0.2, 0.25) is 0 Å². The van der Waals surface area contributed by atoms with Crippen LogP contribution < -0.4 is 10.6 Å². The second-order valence-corrected chi connectivity index (χ2v) is 5.17. The van der Waals surface area contributed by atoms with Crippen molar-refractivity contribution in [2.24, 2.45) is 0 Å². The zero-order valence-corrected chi connectivity index (χ0v) is 12.4. The summed E-state index contributed by atoms with van der Waals surface area (Å²) in [6.07, 6.45) is -2.68. The van der Waals surface area contributed by atoms with E-state index < -0.39 is 17.8 Å². The van der Waals surface area contributed by atoms with Crippen molar-refractivity contribution in [2.75, 3.05) is 16.9 Å². The lowest BCUT2D eigenvalue weighted by molar-refractivity contribution is -0.136. The molecular weight excluding hydrogens is 313 g/mol. The van der Waals surface area contributed by atoms with E-state index in [0.717, 1.165) is 11.0 Å². The summed E-state index contributed by atoms with van der Waals surface area (Å²) in [7, 11) is 0. The maximum absolute atomic E-state index is 12.9. The number of rotatable bonds is 3. The molecule has 0 aliphatic rings. The zero-order valence-electron chi connectivity index (χ0n) is 11.6. The molecule has 0 radical (unpaired) electrons. The lowest BCUT2D eigenvalue weighted by atomic mass is 10.1. The quantitative estimate of drug-likeness (QED) is 0.773. The van der Waals surface area contributed by atoms with E-state index in [-0.39, 0.29) is 5.69 Å². The molecule has 3 nitrogen and oxygen atoms in total. The number of thioether (sulfide) groups is 1. The predicted octanol–water partition coefficient (Wildman–Crippen LogP) is 5.07. The summed E-state index contributed by atoms with van der Waals surface area (Å²) in [5.74, 6) is 0. The summed E-state index contributed by atoms with van der Waals surface area (Å²) in [6, 6.07) is 11.2. The minimum Gasteiger partial charge on any atom is -0.307 e. The fourth-order valence-corrected chi connectivity index (χ4v) is 2.42. The van der Waals surface area contributed by atoms with Crippen molar-refractivity contribution in [3.05, 3.63) is 54.1 Å². The van der Waals surface area contributed by atoms with Gasteiger partial charge in [-0.3, -0.25) is 0 Å². The van der Waals surface area contributed by atoms with Gasteiger partial charge in [-0.2, -0.15) is 13.2 Å². The third kappa shape index (κ3) is 3.94. The van der Waals surface area contributed by atoms with Gasteiger partial charge in [0.25, 0.3) is 0 Å². The molecular formula is C15H13F3N2OS. The van der Waals surface area contributed by atoms with Crippen molar-refractivity contribution < 1.29 is 18.0 Å². The van der Waals surface area contributed by atoms with Crippen LogP contribution in [0.5, 0.6) is 0 Å². The molecule has 0 spiro atoms.